The Bertz CT molecular complexity index is 984. The predicted molar refractivity (Wildman–Crippen MR) is 85.8 cm³/mol. The molecule has 6 heteroatoms. The minimum atomic E-state index is -0.383. The van der Waals surface area contributed by atoms with Crippen LogP contribution in [0.3, 0.4) is 0 Å². The second kappa shape index (κ2) is 5.08. The number of aromatic amines is 1. The molecule has 0 unspecified atom stereocenters. The van der Waals surface area contributed by atoms with E-state index < -0.39 is 0 Å². The summed E-state index contributed by atoms with van der Waals surface area (Å²) in [4.78, 5) is 31.0. The lowest BCUT2D eigenvalue weighted by molar-refractivity contribution is 0.102. The molecule has 6 nitrogen and oxygen atoms in total. The number of hydrogen-bond donors (Lipinski definition) is 2. The molecule has 0 radical (unpaired) electrons. The number of carbonyl (C=O) groups excluding carboxylic acids is 1. The van der Waals surface area contributed by atoms with Crippen LogP contribution >= 0.6 is 0 Å². The summed E-state index contributed by atoms with van der Waals surface area (Å²) in [7, 11) is 0. The molecule has 4 rings (SSSR count). The summed E-state index contributed by atoms with van der Waals surface area (Å²) in [5.41, 5.74) is 3.36. The molecule has 2 heterocycles. The number of H-pyrrole nitrogens is 1. The van der Waals surface area contributed by atoms with Crippen molar-refractivity contribution < 1.29 is 9.21 Å². The maximum Gasteiger partial charge on any atom is 0.262 e. The number of benzene rings is 1. The predicted octanol–water partition coefficient (Wildman–Crippen LogP) is 2.57. The largest absolute Gasteiger partial charge is 0.442 e. The summed E-state index contributed by atoms with van der Waals surface area (Å²) in [6.07, 6.45) is 4.54. The summed E-state index contributed by atoms with van der Waals surface area (Å²) < 4.78 is 5.42. The zero-order valence-electron chi connectivity index (χ0n) is 12.6. The van der Waals surface area contributed by atoms with E-state index in [1.54, 1.807) is 6.92 Å². The zero-order valence-corrected chi connectivity index (χ0v) is 12.6. The lowest BCUT2D eigenvalue weighted by atomic mass is 10.1. The Balaban J connectivity index is 1.73. The second-order valence-electron chi connectivity index (χ2n) is 5.74. The van der Waals surface area contributed by atoms with Crippen molar-refractivity contribution in [3.8, 4) is 0 Å². The van der Waals surface area contributed by atoms with Gasteiger partial charge in [0.15, 0.2) is 0 Å². The molecule has 1 aromatic carbocycles. The number of rotatable bonds is 2. The first-order valence-electron chi connectivity index (χ1n) is 7.53. The molecule has 0 saturated carbocycles. The molecule has 0 spiro atoms. The number of amides is 1. The van der Waals surface area contributed by atoms with Crippen LogP contribution in [0.4, 0.5) is 5.69 Å². The maximum absolute atomic E-state index is 12.6. The summed E-state index contributed by atoms with van der Waals surface area (Å²) >= 11 is 0. The minimum Gasteiger partial charge on any atom is -0.442 e. The van der Waals surface area contributed by atoms with Gasteiger partial charge in [-0.25, -0.2) is 4.98 Å². The molecular weight excluding hydrogens is 294 g/mol. The van der Waals surface area contributed by atoms with Crippen LogP contribution in [0.5, 0.6) is 0 Å². The standard InChI is InChI=1S/C17H15N3O3/c1-9-13(14-15(21)18-8-19-17(14)23-9)16(22)20-12-6-5-10-3-2-4-11(10)7-12/h5-8H,2-4H2,1H3,(H,20,22)(H,18,19,21). The number of aromatic nitrogens is 2. The lowest BCUT2D eigenvalue weighted by Gasteiger charge is -2.07. The molecule has 1 aliphatic carbocycles. The Labute approximate surface area is 131 Å². The quantitative estimate of drug-likeness (QED) is 0.761. The molecule has 23 heavy (non-hydrogen) atoms. The van der Waals surface area contributed by atoms with Crippen molar-refractivity contribution in [3.63, 3.8) is 0 Å². The Morgan fingerprint density at radius 2 is 2.13 bits per heavy atom. The van der Waals surface area contributed by atoms with Gasteiger partial charge >= 0.3 is 0 Å². The van der Waals surface area contributed by atoms with Crippen molar-refractivity contribution in [1.29, 1.82) is 0 Å². The van der Waals surface area contributed by atoms with Gasteiger partial charge in [-0.05, 0) is 49.4 Å². The number of anilines is 1. The highest BCUT2D eigenvalue weighted by Gasteiger charge is 2.22. The third-order valence-corrected chi connectivity index (χ3v) is 4.25. The monoisotopic (exact) mass is 309 g/mol. The van der Waals surface area contributed by atoms with Crippen LogP contribution < -0.4 is 10.9 Å². The molecule has 0 bridgehead atoms. The van der Waals surface area contributed by atoms with E-state index in [0.29, 0.717) is 5.76 Å². The molecule has 3 aromatic rings. The highest BCUT2D eigenvalue weighted by molar-refractivity contribution is 6.12. The van der Waals surface area contributed by atoms with E-state index in [0.717, 1.165) is 24.9 Å². The van der Waals surface area contributed by atoms with Gasteiger partial charge < -0.3 is 14.7 Å². The zero-order chi connectivity index (χ0) is 16.0. The van der Waals surface area contributed by atoms with E-state index in [1.807, 2.05) is 18.2 Å². The lowest BCUT2D eigenvalue weighted by Crippen LogP contribution is -2.16. The van der Waals surface area contributed by atoms with Gasteiger partial charge in [0.2, 0.25) is 5.71 Å². The number of carbonyl (C=O) groups is 1. The summed E-state index contributed by atoms with van der Waals surface area (Å²) in [5, 5.41) is 3.04. The molecule has 1 amide bonds. The number of nitrogens with one attached hydrogen (secondary N) is 2. The first-order chi connectivity index (χ1) is 11.1. The van der Waals surface area contributed by atoms with Gasteiger partial charge in [0.1, 0.15) is 11.1 Å². The van der Waals surface area contributed by atoms with Crippen LogP contribution in [0, 0.1) is 6.92 Å². The fourth-order valence-electron chi connectivity index (χ4n) is 3.17. The highest BCUT2D eigenvalue weighted by atomic mass is 16.3. The highest BCUT2D eigenvalue weighted by Crippen LogP contribution is 2.26. The van der Waals surface area contributed by atoms with Gasteiger partial charge in [-0.3, -0.25) is 9.59 Å². The number of fused-ring (bicyclic) bond motifs is 2. The number of nitrogens with zero attached hydrogens (tertiary/aromatic N) is 1. The Morgan fingerprint density at radius 3 is 3.00 bits per heavy atom. The van der Waals surface area contributed by atoms with Gasteiger partial charge in [-0.15, -0.1) is 0 Å². The summed E-state index contributed by atoms with van der Waals surface area (Å²) in [6, 6.07) is 5.94. The molecule has 1 aliphatic rings. The van der Waals surface area contributed by atoms with Crippen molar-refractivity contribution in [2.45, 2.75) is 26.2 Å². The van der Waals surface area contributed by atoms with Crippen LogP contribution in [-0.4, -0.2) is 15.9 Å². The van der Waals surface area contributed by atoms with Gasteiger partial charge in [0.25, 0.3) is 11.5 Å². The Hall–Kier alpha value is -2.89. The van der Waals surface area contributed by atoms with E-state index in [1.165, 1.54) is 17.5 Å². The van der Waals surface area contributed by atoms with Crippen molar-refractivity contribution in [2.75, 3.05) is 5.32 Å². The first kappa shape index (κ1) is 13.8. The van der Waals surface area contributed by atoms with E-state index in [-0.39, 0.29) is 28.1 Å². The SMILES string of the molecule is Cc1oc2nc[nH]c(=O)c2c1C(=O)Nc1ccc2c(c1)CCC2. The fourth-order valence-corrected chi connectivity index (χ4v) is 3.17. The van der Waals surface area contributed by atoms with Crippen molar-refractivity contribution in [2.24, 2.45) is 0 Å². The first-order valence-corrected chi connectivity index (χ1v) is 7.53. The van der Waals surface area contributed by atoms with Crippen LogP contribution in [-0.2, 0) is 12.8 Å². The van der Waals surface area contributed by atoms with Gasteiger partial charge in [-0.1, -0.05) is 6.07 Å². The fraction of sp³-hybridized carbons (Fsp3) is 0.235. The summed E-state index contributed by atoms with van der Waals surface area (Å²) in [6.45, 7) is 1.65. The average molecular weight is 309 g/mol. The number of hydrogen-bond acceptors (Lipinski definition) is 4. The van der Waals surface area contributed by atoms with Gasteiger partial charge in [-0.2, -0.15) is 0 Å². The minimum absolute atomic E-state index is 0.172. The van der Waals surface area contributed by atoms with E-state index in [9.17, 15) is 9.59 Å². The maximum atomic E-state index is 12.6. The normalized spacial score (nSPS) is 13.3. The molecule has 2 aromatic heterocycles. The van der Waals surface area contributed by atoms with Crippen molar-refractivity contribution in [3.05, 3.63) is 57.3 Å². The van der Waals surface area contributed by atoms with E-state index in [4.69, 9.17) is 4.42 Å². The van der Waals surface area contributed by atoms with Crippen LogP contribution in [0.1, 0.15) is 33.7 Å². The molecule has 0 atom stereocenters. The Morgan fingerprint density at radius 1 is 1.30 bits per heavy atom. The van der Waals surface area contributed by atoms with Crippen LogP contribution in [0.25, 0.3) is 11.1 Å². The van der Waals surface area contributed by atoms with E-state index >= 15 is 0 Å². The third kappa shape index (κ3) is 2.23. The van der Waals surface area contributed by atoms with Crippen molar-refractivity contribution in [1.82, 2.24) is 9.97 Å². The molecule has 2 N–H and O–H groups in total. The van der Waals surface area contributed by atoms with Crippen molar-refractivity contribution >= 4 is 22.7 Å². The molecule has 0 saturated heterocycles. The van der Waals surface area contributed by atoms with Crippen LogP contribution in [0.15, 0.2) is 33.7 Å². The molecule has 116 valence electrons. The molecule has 0 aliphatic heterocycles. The van der Waals surface area contributed by atoms with Crippen LogP contribution in [0.2, 0.25) is 0 Å². The number of furan rings is 1. The summed E-state index contributed by atoms with van der Waals surface area (Å²) in [5.74, 6) is 0.0144. The second-order valence-corrected chi connectivity index (χ2v) is 5.74. The third-order valence-electron chi connectivity index (χ3n) is 4.25. The topological polar surface area (TPSA) is 88.0 Å². The van der Waals surface area contributed by atoms with Gasteiger partial charge in [0.05, 0.1) is 11.9 Å². The molecule has 0 fully saturated rings. The average Bonchev–Trinajstić information content (AvgIpc) is 3.10. The number of aryl methyl sites for hydroxylation is 3. The van der Waals surface area contributed by atoms with Gasteiger partial charge in [0, 0.05) is 5.69 Å². The molecular formula is C17H15N3O3. The Kier molecular flexibility index (Phi) is 3.04. The smallest absolute Gasteiger partial charge is 0.262 e. The van der Waals surface area contributed by atoms with E-state index in [2.05, 4.69) is 15.3 Å².